The van der Waals surface area contributed by atoms with Crippen LogP contribution < -0.4 is 4.90 Å². The van der Waals surface area contributed by atoms with Crippen molar-refractivity contribution in [2.24, 2.45) is 0 Å². The van der Waals surface area contributed by atoms with Crippen molar-refractivity contribution in [1.29, 1.82) is 0 Å². The number of amides is 2. The molecule has 0 bridgehead atoms. The molecule has 0 spiro atoms. The molecule has 0 aliphatic carbocycles. The average Bonchev–Trinajstić information content (AvgIpc) is 3.38. The van der Waals surface area contributed by atoms with Gasteiger partial charge in [0.2, 0.25) is 5.91 Å². The van der Waals surface area contributed by atoms with Crippen molar-refractivity contribution in [1.82, 2.24) is 19.8 Å². The van der Waals surface area contributed by atoms with Crippen LogP contribution in [-0.2, 0) is 16.0 Å². The number of rotatable bonds is 3. The maximum absolute atomic E-state index is 13.2. The largest absolute Gasteiger partial charge is 0.444 e. The van der Waals surface area contributed by atoms with Crippen molar-refractivity contribution in [3.8, 4) is 0 Å². The molecule has 31 heavy (non-hydrogen) atoms. The minimum Gasteiger partial charge on any atom is -0.444 e. The standard InChI is InChI=1S/C22H31N5O3S/c1-5-15-13-16-18(23-14-24-19(16)31-15)25-9-11-26(12-10-25)20(28)17-7-6-8-27(17)21(29)30-22(2,3)4/h13-14,17H,5-12H2,1-4H3. The highest BCUT2D eigenvalue weighted by Gasteiger charge is 2.39. The molecule has 0 N–H and O–H groups in total. The third kappa shape index (κ3) is 4.61. The van der Waals surface area contributed by atoms with Gasteiger partial charge in [0.05, 0.1) is 5.39 Å². The number of ether oxygens (including phenoxy) is 1. The Morgan fingerprint density at radius 1 is 1.16 bits per heavy atom. The van der Waals surface area contributed by atoms with Gasteiger partial charge in [-0.25, -0.2) is 14.8 Å². The van der Waals surface area contributed by atoms with Gasteiger partial charge in [-0.05, 0) is 46.1 Å². The fourth-order valence-electron chi connectivity index (χ4n) is 4.23. The predicted octanol–water partition coefficient (Wildman–Crippen LogP) is 3.30. The van der Waals surface area contributed by atoms with Gasteiger partial charge in [0, 0.05) is 37.6 Å². The first kappa shape index (κ1) is 21.8. The van der Waals surface area contributed by atoms with Crippen molar-refractivity contribution < 1.29 is 14.3 Å². The molecular formula is C22H31N5O3S. The highest BCUT2D eigenvalue weighted by atomic mass is 32.1. The summed E-state index contributed by atoms with van der Waals surface area (Å²) in [6.45, 7) is 10.9. The fourth-order valence-corrected chi connectivity index (χ4v) is 5.16. The lowest BCUT2D eigenvalue weighted by Gasteiger charge is -2.38. The molecule has 2 saturated heterocycles. The smallest absolute Gasteiger partial charge is 0.410 e. The molecule has 0 saturated carbocycles. The van der Waals surface area contributed by atoms with Gasteiger partial charge in [-0.2, -0.15) is 0 Å². The Morgan fingerprint density at radius 2 is 1.90 bits per heavy atom. The van der Waals surface area contributed by atoms with Crippen molar-refractivity contribution >= 4 is 39.4 Å². The lowest BCUT2D eigenvalue weighted by Crippen LogP contribution is -2.55. The molecule has 2 fully saturated rings. The molecule has 168 valence electrons. The van der Waals surface area contributed by atoms with Gasteiger partial charge in [0.1, 0.15) is 28.6 Å². The third-order valence-corrected chi connectivity index (χ3v) is 6.95. The molecule has 2 aliphatic rings. The molecule has 2 amide bonds. The lowest BCUT2D eigenvalue weighted by molar-refractivity contribution is -0.136. The number of anilines is 1. The van der Waals surface area contributed by atoms with E-state index < -0.39 is 17.7 Å². The first-order valence-corrected chi connectivity index (χ1v) is 11.8. The number of hydrogen-bond acceptors (Lipinski definition) is 7. The molecule has 1 unspecified atom stereocenters. The number of carbonyl (C=O) groups excluding carboxylic acids is 2. The first-order valence-electron chi connectivity index (χ1n) is 11.0. The summed E-state index contributed by atoms with van der Waals surface area (Å²) in [7, 11) is 0. The van der Waals surface area contributed by atoms with Crippen LogP contribution in [0, 0.1) is 0 Å². The van der Waals surface area contributed by atoms with Crippen molar-refractivity contribution in [3.63, 3.8) is 0 Å². The molecule has 0 aromatic carbocycles. The number of aromatic nitrogens is 2. The van der Waals surface area contributed by atoms with E-state index in [2.05, 4.69) is 27.9 Å². The second kappa shape index (κ2) is 8.61. The van der Waals surface area contributed by atoms with Gasteiger partial charge in [-0.15, -0.1) is 11.3 Å². The van der Waals surface area contributed by atoms with Crippen LogP contribution in [0.5, 0.6) is 0 Å². The Labute approximate surface area is 187 Å². The molecule has 2 aliphatic heterocycles. The van der Waals surface area contributed by atoms with E-state index in [0.717, 1.165) is 28.9 Å². The van der Waals surface area contributed by atoms with Crippen LogP contribution >= 0.6 is 11.3 Å². The van der Waals surface area contributed by atoms with Crippen molar-refractivity contribution in [2.75, 3.05) is 37.6 Å². The van der Waals surface area contributed by atoms with E-state index in [9.17, 15) is 9.59 Å². The lowest BCUT2D eigenvalue weighted by atomic mass is 10.1. The SMILES string of the molecule is CCc1cc2c(N3CCN(C(=O)C4CCCN4C(=O)OC(C)(C)C)CC3)ncnc2s1. The molecule has 9 heteroatoms. The molecule has 1 atom stereocenters. The second-order valence-corrected chi connectivity index (χ2v) is 10.2. The van der Waals surface area contributed by atoms with Gasteiger partial charge >= 0.3 is 6.09 Å². The van der Waals surface area contributed by atoms with Crippen molar-refractivity contribution in [2.45, 2.75) is 58.6 Å². The van der Waals surface area contributed by atoms with Crippen LogP contribution in [0.25, 0.3) is 10.2 Å². The van der Waals surface area contributed by atoms with E-state index in [-0.39, 0.29) is 5.91 Å². The zero-order valence-corrected chi connectivity index (χ0v) is 19.6. The van der Waals surface area contributed by atoms with Crippen LogP contribution in [0.15, 0.2) is 12.4 Å². The van der Waals surface area contributed by atoms with Gasteiger partial charge in [0.25, 0.3) is 0 Å². The number of aryl methyl sites for hydroxylation is 1. The number of likely N-dealkylation sites (tertiary alicyclic amines) is 1. The normalized spacial score (nSPS) is 19.9. The van der Waals surface area contributed by atoms with E-state index in [0.29, 0.717) is 39.1 Å². The number of nitrogens with zero attached hydrogens (tertiary/aromatic N) is 5. The Kier molecular flexibility index (Phi) is 6.05. The fraction of sp³-hybridized carbons (Fsp3) is 0.636. The number of fused-ring (bicyclic) bond motifs is 1. The van der Waals surface area contributed by atoms with Crippen LogP contribution in [0.3, 0.4) is 0 Å². The summed E-state index contributed by atoms with van der Waals surface area (Å²) in [5.74, 6) is 0.976. The summed E-state index contributed by atoms with van der Waals surface area (Å²) in [4.78, 5) is 42.8. The maximum Gasteiger partial charge on any atom is 0.410 e. The molecule has 2 aromatic rings. The summed E-state index contributed by atoms with van der Waals surface area (Å²) >= 11 is 1.71. The summed E-state index contributed by atoms with van der Waals surface area (Å²) in [5, 5.41) is 1.09. The molecule has 4 rings (SSSR count). The summed E-state index contributed by atoms with van der Waals surface area (Å²) in [6, 6.07) is 1.76. The van der Waals surface area contributed by atoms with Gasteiger partial charge in [-0.3, -0.25) is 9.69 Å². The first-order chi connectivity index (χ1) is 14.8. The number of hydrogen-bond donors (Lipinski definition) is 0. The number of carbonyl (C=O) groups is 2. The zero-order chi connectivity index (χ0) is 22.2. The summed E-state index contributed by atoms with van der Waals surface area (Å²) in [5.41, 5.74) is -0.568. The van der Waals surface area contributed by atoms with E-state index in [1.807, 2.05) is 25.7 Å². The Morgan fingerprint density at radius 3 is 2.58 bits per heavy atom. The summed E-state index contributed by atoms with van der Waals surface area (Å²) < 4.78 is 5.51. The number of thiophene rings is 1. The highest BCUT2D eigenvalue weighted by Crippen LogP contribution is 2.31. The Balaban J connectivity index is 1.41. The molecular weight excluding hydrogens is 414 g/mol. The average molecular weight is 446 g/mol. The Hall–Kier alpha value is -2.42. The maximum atomic E-state index is 13.2. The van der Waals surface area contributed by atoms with Gasteiger partial charge in [-0.1, -0.05) is 6.92 Å². The van der Waals surface area contributed by atoms with E-state index >= 15 is 0 Å². The van der Waals surface area contributed by atoms with Crippen LogP contribution in [0.1, 0.15) is 45.4 Å². The zero-order valence-electron chi connectivity index (χ0n) is 18.8. The van der Waals surface area contributed by atoms with Crippen LogP contribution in [0.4, 0.5) is 10.6 Å². The van der Waals surface area contributed by atoms with Crippen molar-refractivity contribution in [3.05, 3.63) is 17.3 Å². The Bertz CT molecular complexity index is 962. The molecule has 4 heterocycles. The van der Waals surface area contributed by atoms with Gasteiger partial charge < -0.3 is 14.5 Å². The quantitative estimate of drug-likeness (QED) is 0.721. The van der Waals surface area contributed by atoms with E-state index in [4.69, 9.17) is 4.74 Å². The van der Waals surface area contributed by atoms with Crippen LogP contribution in [-0.4, -0.2) is 76.1 Å². The van der Waals surface area contributed by atoms with E-state index in [1.165, 1.54) is 4.88 Å². The van der Waals surface area contributed by atoms with Gasteiger partial charge in [0.15, 0.2) is 0 Å². The predicted molar refractivity (Wildman–Crippen MR) is 122 cm³/mol. The molecule has 0 radical (unpaired) electrons. The minimum absolute atomic E-state index is 0.0275. The minimum atomic E-state index is -0.568. The highest BCUT2D eigenvalue weighted by molar-refractivity contribution is 7.18. The summed E-state index contributed by atoms with van der Waals surface area (Å²) in [6.07, 6.45) is 3.74. The topological polar surface area (TPSA) is 78.9 Å². The van der Waals surface area contributed by atoms with E-state index in [1.54, 1.807) is 22.6 Å². The second-order valence-electron chi connectivity index (χ2n) is 9.13. The monoisotopic (exact) mass is 445 g/mol. The molecule has 2 aromatic heterocycles. The number of piperazine rings is 1. The molecule has 8 nitrogen and oxygen atoms in total. The third-order valence-electron chi connectivity index (χ3n) is 5.76. The van der Waals surface area contributed by atoms with Crippen LogP contribution in [0.2, 0.25) is 0 Å².